The summed E-state index contributed by atoms with van der Waals surface area (Å²) in [4.78, 5) is 10.2. The van der Waals surface area contributed by atoms with Crippen molar-refractivity contribution >= 4 is 16.5 Å². The Kier molecular flexibility index (Phi) is 2.68. The van der Waals surface area contributed by atoms with Gasteiger partial charge in [0.25, 0.3) is 0 Å². The van der Waals surface area contributed by atoms with Crippen LogP contribution in [0.1, 0.15) is 13.8 Å². The summed E-state index contributed by atoms with van der Waals surface area (Å²) in [6.45, 7) is 2.63. The third-order valence-corrected chi connectivity index (χ3v) is 1.90. The SMILES string of the molecule is CC(=O)C(C)[SH](=O)=O. The Bertz CT molecular complexity index is 151. The number of rotatable bonds is 2. The first-order valence-corrected chi connectivity index (χ1v) is 3.44. The normalized spacial score (nSPS) is 13.9. The van der Waals surface area contributed by atoms with E-state index in [0.29, 0.717) is 0 Å². The van der Waals surface area contributed by atoms with E-state index < -0.39 is 16.0 Å². The zero-order chi connectivity index (χ0) is 6.73. The van der Waals surface area contributed by atoms with Gasteiger partial charge in [-0.25, -0.2) is 8.42 Å². The third-order valence-electron chi connectivity index (χ3n) is 0.905. The van der Waals surface area contributed by atoms with Gasteiger partial charge in [-0.1, -0.05) is 0 Å². The van der Waals surface area contributed by atoms with Gasteiger partial charge < -0.3 is 0 Å². The molecule has 0 aromatic rings. The van der Waals surface area contributed by atoms with Gasteiger partial charge in [0.15, 0.2) is 0 Å². The van der Waals surface area contributed by atoms with Crippen LogP contribution in [0.4, 0.5) is 0 Å². The second-order valence-corrected chi connectivity index (χ2v) is 2.92. The molecule has 0 aliphatic heterocycles. The lowest BCUT2D eigenvalue weighted by molar-refractivity contribution is -0.116. The molecule has 0 aromatic heterocycles. The lowest BCUT2D eigenvalue weighted by atomic mass is 10.3. The summed E-state index contributed by atoms with van der Waals surface area (Å²) in [7, 11) is -2.55. The monoisotopic (exact) mass is 136 g/mol. The molecule has 48 valence electrons. The lowest BCUT2D eigenvalue weighted by Gasteiger charge is -1.91. The fourth-order valence-electron chi connectivity index (χ4n) is 0.148. The van der Waals surface area contributed by atoms with Gasteiger partial charge in [-0.05, 0) is 13.8 Å². The summed E-state index contributed by atoms with van der Waals surface area (Å²) in [5, 5.41) is -0.815. The maximum absolute atomic E-state index is 10.2. The Balaban J connectivity index is 4.04. The van der Waals surface area contributed by atoms with Crippen molar-refractivity contribution in [3.8, 4) is 0 Å². The first-order valence-electron chi connectivity index (χ1n) is 2.19. The van der Waals surface area contributed by atoms with E-state index in [0.717, 1.165) is 0 Å². The number of carbonyl (C=O) groups excluding carboxylic acids is 1. The van der Waals surface area contributed by atoms with E-state index in [2.05, 4.69) is 0 Å². The van der Waals surface area contributed by atoms with Gasteiger partial charge in [-0.3, -0.25) is 4.79 Å². The van der Waals surface area contributed by atoms with E-state index >= 15 is 0 Å². The fraction of sp³-hybridized carbons (Fsp3) is 0.750. The molecule has 0 saturated carbocycles. The maximum Gasteiger partial charge on any atom is 0.149 e. The first kappa shape index (κ1) is 7.62. The van der Waals surface area contributed by atoms with Crippen molar-refractivity contribution in [3.05, 3.63) is 0 Å². The summed E-state index contributed by atoms with van der Waals surface area (Å²) in [6.07, 6.45) is 0. The highest BCUT2D eigenvalue weighted by atomic mass is 32.2. The topological polar surface area (TPSA) is 51.2 Å². The molecule has 0 aliphatic rings. The standard InChI is InChI=1S/C4H8O3S/c1-3(5)4(2)8(6)7/h4,8H,1-2H3. The van der Waals surface area contributed by atoms with Crippen LogP contribution in [0.5, 0.6) is 0 Å². The molecule has 8 heavy (non-hydrogen) atoms. The van der Waals surface area contributed by atoms with Crippen molar-refractivity contribution in [1.29, 1.82) is 0 Å². The number of thiol groups is 1. The van der Waals surface area contributed by atoms with Crippen LogP contribution in [0.15, 0.2) is 0 Å². The maximum atomic E-state index is 10.2. The number of carbonyl (C=O) groups is 1. The Morgan fingerprint density at radius 1 is 1.50 bits per heavy atom. The van der Waals surface area contributed by atoms with Gasteiger partial charge >= 0.3 is 0 Å². The Morgan fingerprint density at radius 2 is 1.88 bits per heavy atom. The molecule has 3 nitrogen and oxygen atoms in total. The summed E-state index contributed by atoms with van der Waals surface area (Å²) in [6, 6.07) is 0. The molecule has 4 heteroatoms. The van der Waals surface area contributed by atoms with Crippen LogP contribution in [0, 0.1) is 0 Å². The largest absolute Gasteiger partial charge is 0.299 e. The second-order valence-electron chi connectivity index (χ2n) is 1.57. The van der Waals surface area contributed by atoms with Crippen molar-refractivity contribution in [3.63, 3.8) is 0 Å². The highest BCUT2D eigenvalue weighted by Crippen LogP contribution is 1.86. The smallest absolute Gasteiger partial charge is 0.149 e. The zero-order valence-electron chi connectivity index (χ0n) is 4.75. The molecule has 1 unspecified atom stereocenters. The average molecular weight is 136 g/mol. The highest BCUT2D eigenvalue weighted by molar-refractivity contribution is 7.74. The Morgan fingerprint density at radius 3 is 1.88 bits per heavy atom. The van der Waals surface area contributed by atoms with Crippen LogP contribution in [-0.2, 0) is 15.5 Å². The minimum Gasteiger partial charge on any atom is -0.299 e. The molecular weight excluding hydrogens is 128 g/mol. The van der Waals surface area contributed by atoms with Gasteiger partial charge in [-0.15, -0.1) is 0 Å². The molecule has 1 atom stereocenters. The predicted molar refractivity (Wildman–Crippen MR) is 30.5 cm³/mol. The van der Waals surface area contributed by atoms with Crippen LogP contribution in [0.3, 0.4) is 0 Å². The average Bonchev–Trinajstić information content (AvgIpc) is 1.64. The van der Waals surface area contributed by atoms with Crippen LogP contribution in [0.25, 0.3) is 0 Å². The van der Waals surface area contributed by atoms with Crippen LogP contribution < -0.4 is 0 Å². The second kappa shape index (κ2) is 2.81. The Labute approximate surface area is 49.7 Å². The molecular formula is C4H8O3S. The molecule has 0 bridgehead atoms. The van der Waals surface area contributed by atoms with Crippen LogP contribution in [-0.4, -0.2) is 19.5 Å². The summed E-state index contributed by atoms with van der Waals surface area (Å²) < 4.78 is 19.9. The molecule has 0 N–H and O–H groups in total. The van der Waals surface area contributed by atoms with Gasteiger partial charge in [0.1, 0.15) is 21.7 Å². The zero-order valence-corrected chi connectivity index (χ0v) is 5.64. The molecule has 0 amide bonds. The number of Topliss-reactive ketones (excluding diaryl/α,β-unsaturated/α-hetero) is 1. The highest BCUT2D eigenvalue weighted by Gasteiger charge is 2.07. The number of ketones is 1. The number of hydrogen-bond donors (Lipinski definition) is 1. The summed E-state index contributed by atoms with van der Waals surface area (Å²) in [5.41, 5.74) is 0. The van der Waals surface area contributed by atoms with Crippen molar-refractivity contribution in [1.82, 2.24) is 0 Å². The molecule has 0 aromatic carbocycles. The van der Waals surface area contributed by atoms with Crippen molar-refractivity contribution in [2.75, 3.05) is 0 Å². The molecule has 0 fully saturated rings. The van der Waals surface area contributed by atoms with E-state index in [9.17, 15) is 13.2 Å². The predicted octanol–water partition coefficient (Wildman–Crippen LogP) is -0.425. The summed E-state index contributed by atoms with van der Waals surface area (Å²) in [5.74, 6) is -0.305. The van der Waals surface area contributed by atoms with Crippen LogP contribution >= 0.6 is 0 Å². The molecule has 0 heterocycles. The van der Waals surface area contributed by atoms with E-state index in [1.807, 2.05) is 0 Å². The fourth-order valence-corrected chi connectivity index (χ4v) is 0.445. The van der Waals surface area contributed by atoms with Gasteiger partial charge in [0, 0.05) is 0 Å². The minimum absolute atomic E-state index is 0.305. The molecule has 0 saturated heterocycles. The molecule has 0 spiro atoms. The van der Waals surface area contributed by atoms with Crippen LogP contribution in [0.2, 0.25) is 0 Å². The molecule has 0 radical (unpaired) electrons. The lowest BCUT2D eigenvalue weighted by Crippen LogP contribution is -2.13. The first-order chi connectivity index (χ1) is 3.55. The van der Waals surface area contributed by atoms with Gasteiger partial charge in [-0.2, -0.15) is 0 Å². The quantitative estimate of drug-likeness (QED) is 0.524. The van der Waals surface area contributed by atoms with Crippen molar-refractivity contribution < 1.29 is 13.2 Å². The van der Waals surface area contributed by atoms with Gasteiger partial charge in [0.2, 0.25) is 0 Å². The van der Waals surface area contributed by atoms with Crippen molar-refractivity contribution in [2.45, 2.75) is 19.1 Å². The van der Waals surface area contributed by atoms with Gasteiger partial charge in [0.05, 0.1) is 0 Å². The molecule has 0 rings (SSSR count). The van der Waals surface area contributed by atoms with E-state index in [4.69, 9.17) is 0 Å². The number of hydrogen-bond acceptors (Lipinski definition) is 3. The van der Waals surface area contributed by atoms with Crippen molar-refractivity contribution in [2.24, 2.45) is 0 Å². The van der Waals surface area contributed by atoms with E-state index in [-0.39, 0.29) is 5.78 Å². The van der Waals surface area contributed by atoms with E-state index in [1.54, 1.807) is 0 Å². The third kappa shape index (κ3) is 2.07. The van der Waals surface area contributed by atoms with E-state index in [1.165, 1.54) is 13.8 Å². The molecule has 0 aliphatic carbocycles. The minimum atomic E-state index is -2.55. The Hall–Kier alpha value is -0.380. The summed E-state index contributed by atoms with van der Waals surface area (Å²) >= 11 is 0.